The first-order valence-electron chi connectivity index (χ1n) is 4.69. The summed E-state index contributed by atoms with van der Waals surface area (Å²) in [7, 11) is 1.93. The first-order valence-corrected chi connectivity index (χ1v) is 4.69. The van der Waals surface area contributed by atoms with Crippen LogP contribution in [-0.4, -0.2) is 12.8 Å². The van der Waals surface area contributed by atoms with Gasteiger partial charge in [0.2, 0.25) is 0 Å². The van der Waals surface area contributed by atoms with Crippen LogP contribution < -0.4 is 0 Å². The van der Waals surface area contributed by atoms with Crippen LogP contribution in [0.15, 0.2) is 4.99 Å². The molecule has 0 N–H and O–H groups in total. The van der Waals surface area contributed by atoms with E-state index in [4.69, 9.17) is 0 Å². The van der Waals surface area contributed by atoms with Gasteiger partial charge in [0.15, 0.2) is 0 Å². The van der Waals surface area contributed by atoms with Gasteiger partial charge in [-0.1, -0.05) is 26.7 Å². The van der Waals surface area contributed by atoms with Crippen LogP contribution in [0.1, 0.15) is 46.0 Å². The van der Waals surface area contributed by atoms with E-state index in [1.807, 2.05) is 7.05 Å². The summed E-state index contributed by atoms with van der Waals surface area (Å²) in [5.74, 6) is 0. The van der Waals surface area contributed by atoms with Crippen molar-refractivity contribution in [3.05, 3.63) is 0 Å². The van der Waals surface area contributed by atoms with Gasteiger partial charge >= 0.3 is 0 Å². The second-order valence-corrected chi connectivity index (χ2v) is 3.79. The van der Waals surface area contributed by atoms with E-state index in [-0.39, 0.29) is 0 Å². The van der Waals surface area contributed by atoms with E-state index in [1.54, 1.807) is 0 Å². The highest BCUT2D eigenvalue weighted by molar-refractivity contribution is 5.89. The van der Waals surface area contributed by atoms with Crippen LogP contribution in [0, 0.1) is 5.41 Å². The number of rotatable bonds is 2. The number of hydrogen-bond acceptors (Lipinski definition) is 1. The summed E-state index contributed by atoms with van der Waals surface area (Å²) < 4.78 is 0. The van der Waals surface area contributed by atoms with Gasteiger partial charge in [-0.2, -0.15) is 0 Å². The summed E-state index contributed by atoms with van der Waals surface area (Å²) in [4.78, 5) is 4.38. The molecule has 0 aromatic carbocycles. The molecule has 11 heavy (non-hydrogen) atoms. The van der Waals surface area contributed by atoms with Crippen molar-refractivity contribution in [2.75, 3.05) is 7.05 Å². The molecule has 0 heterocycles. The molecule has 0 aromatic rings. The Kier molecular flexibility index (Phi) is 2.69. The van der Waals surface area contributed by atoms with Crippen LogP contribution >= 0.6 is 0 Å². The van der Waals surface area contributed by atoms with Gasteiger partial charge in [0, 0.05) is 18.2 Å². The maximum Gasteiger partial charge on any atom is 0.0276 e. The molecule has 1 aliphatic carbocycles. The summed E-state index contributed by atoms with van der Waals surface area (Å²) in [6, 6.07) is 0. The van der Waals surface area contributed by atoms with Gasteiger partial charge in [0.05, 0.1) is 0 Å². The van der Waals surface area contributed by atoms with Crippen LogP contribution in [-0.2, 0) is 0 Å². The third-order valence-corrected chi connectivity index (χ3v) is 3.01. The molecule has 0 saturated heterocycles. The Hall–Kier alpha value is -0.330. The van der Waals surface area contributed by atoms with Gasteiger partial charge < -0.3 is 0 Å². The standard InChI is InChI=1S/C10H19N/c1-4-9(11-3)10(2)7-5-6-8-10/h4-8H2,1-3H3. The van der Waals surface area contributed by atoms with Crippen molar-refractivity contribution in [3.8, 4) is 0 Å². The molecule has 64 valence electrons. The number of hydrogen-bond donors (Lipinski definition) is 0. The van der Waals surface area contributed by atoms with Crippen LogP contribution in [0.25, 0.3) is 0 Å². The lowest BCUT2D eigenvalue weighted by atomic mass is 9.82. The number of nitrogens with zero attached hydrogens (tertiary/aromatic N) is 1. The monoisotopic (exact) mass is 153 g/mol. The zero-order valence-corrected chi connectivity index (χ0v) is 7.98. The molecule has 1 aliphatic rings. The van der Waals surface area contributed by atoms with Gasteiger partial charge in [-0.15, -0.1) is 0 Å². The molecule has 0 aromatic heterocycles. The quantitative estimate of drug-likeness (QED) is 0.541. The van der Waals surface area contributed by atoms with E-state index in [0.717, 1.165) is 6.42 Å². The van der Waals surface area contributed by atoms with Crippen LogP contribution in [0.5, 0.6) is 0 Å². The third kappa shape index (κ3) is 1.63. The SMILES string of the molecule is CCC(=NC)C1(C)CCCC1. The molecule has 1 nitrogen and oxygen atoms in total. The number of aliphatic imine (C=N–C) groups is 1. The van der Waals surface area contributed by atoms with E-state index >= 15 is 0 Å². The molecule has 1 heteroatoms. The molecule has 0 aliphatic heterocycles. The van der Waals surface area contributed by atoms with Gasteiger partial charge in [0.1, 0.15) is 0 Å². The lowest BCUT2D eigenvalue weighted by Gasteiger charge is -2.24. The zero-order chi connectivity index (χ0) is 8.32. The molecule has 1 saturated carbocycles. The Morgan fingerprint density at radius 3 is 2.27 bits per heavy atom. The van der Waals surface area contributed by atoms with Crippen molar-refractivity contribution in [1.82, 2.24) is 0 Å². The predicted octanol–water partition coefficient (Wildman–Crippen LogP) is 3.05. The molecule has 0 spiro atoms. The predicted molar refractivity (Wildman–Crippen MR) is 50.2 cm³/mol. The highest BCUT2D eigenvalue weighted by Crippen LogP contribution is 2.39. The first kappa shape index (κ1) is 8.76. The van der Waals surface area contributed by atoms with Gasteiger partial charge in [0.25, 0.3) is 0 Å². The summed E-state index contributed by atoms with van der Waals surface area (Å²) in [5.41, 5.74) is 1.89. The van der Waals surface area contributed by atoms with Crippen molar-refractivity contribution >= 4 is 5.71 Å². The molecule has 0 atom stereocenters. The molecular formula is C10H19N. The second-order valence-electron chi connectivity index (χ2n) is 3.79. The molecule has 0 bridgehead atoms. The average Bonchev–Trinajstić information content (AvgIpc) is 2.39. The summed E-state index contributed by atoms with van der Waals surface area (Å²) >= 11 is 0. The van der Waals surface area contributed by atoms with Crippen molar-refractivity contribution in [3.63, 3.8) is 0 Å². The minimum absolute atomic E-state index is 0.462. The lowest BCUT2D eigenvalue weighted by molar-refractivity contribution is 0.479. The van der Waals surface area contributed by atoms with Crippen LogP contribution in [0.4, 0.5) is 0 Å². The summed E-state index contributed by atoms with van der Waals surface area (Å²) in [5, 5.41) is 0. The first-order chi connectivity index (χ1) is 5.23. The topological polar surface area (TPSA) is 12.4 Å². The van der Waals surface area contributed by atoms with E-state index in [9.17, 15) is 0 Å². The fourth-order valence-corrected chi connectivity index (χ4v) is 2.30. The van der Waals surface area contributed by atoms with Crippen molar-refractivity contribution in [2.24, 2.45) is 10.4 Å². The van der Waals surface area contributed by atoms with Crippen molar-refractivity contribution in [2.45, 2.75) is 46.0 Å². The maximum atomic E-state index is 4.38. The minimum atomic E-state index is 0.462. The van der Waals surface area contributed by atoms with Crippen LogP contribution in [0.3, 0.4) is 0 Å². The fraction of sp³-hybridized carbons (Fsp3) is 0.900. The molecule has 0 unspecified atom stereocenters. The molecule has 0 radical (unpaired) electrons. The Bertz CT molecular complexity index is 152. The molecule has 1 rings (SSSR count). The molecular weight excluding hydrogens is 134 g/mol. The highest BCUT2D eigenvalue weighted by atomic mass is 14.7. The van der Waals surface area contributed by atoms with Gasteiger partial charge in [-0.3, -0.25) is 4.99 Å². The van der Waals surface area contributed by atoms with Crippen molar-refractivity contribution in [1.29, 1.82) is 0 Å². The van der Waals surface area contributed by atoms with E-state index < -0.39 is 0 Å². The second kappa shape index (κ2) is 3.38. The fourth-order valence-electron chi connectivity index (χ4n) is 2.30. The normalized spacial score (nSPS) is 24.1. The average molecular weight is 153 g/mol. The summed E-state index contributed by atoms with van der Waals surface area (Å²) in [6.07, 6.45) is 6.64. The smallest absolute Gasteiger partial charge is 0.0276 e. The summed E-state index contributed by atoms with van der Waals surface area (Å²) in [6.45, 7) is 4.58. The third-order valence-electron chi connectivity index (χ3n) is 3.01. The van der Waals surface area contributed by atoms with Crippen LogP contribution in [0.2, 0.25) is 0 Å². The van der Waals surface area contributed by atoms with Gasteiger partial charge in [-0.25, -0.2) is 0 Å². The lowest BCUT2D eigenvalue weighted by Crippen LogP contribution is -2.23. The van der Waals surface area contributed by atoms with Crippen molar-refractivity contribution < 1.29 is 0 Å². The largest absolute Gasteiger partial charge is 0.297 e. The maximum absolute atomic E-state index is 4.38. The van der Waals surface area contributed by atoms with E-state index in [1.165, 1.54) is 31.4 Å². The Balaban J connectivity index is 2.69. The Morgan fingerprint density at radius 1 is 1.36 bits per heavy atom. The van der Waals surface area contributed by atoms with E-state index in [2.05, 4.69) is 18.8 Å². The Morgan fingerprint density at radius 2 is 1.91 bits per heavy atom. The van der Waals surface area contributed by atoms with E-state index in [0.29, 0.717) is 5.41 Å². The molecule has 1 fully saturated rings. The highest BCUT2D eigenvalue weighted by Gasteiger charge is 2.32. The minimum Gasteiger partial charge on any atom is -0.297 e. The molecule has 0 amide bonds. The zero-order valence-electron chi connectivity index (χ0n) is 7.98. The van der Waals surface area contributed by atoms with Gasteiger partial charge in [-0.05, 0) is 19.3 Å². The Labute approximate surface area is 69.9 Å².